The Morgan fingerprint density at radius 2 is 1.90 bits per heavy atom. The van der Waals surface area contributed by atoms with Crippen LogP contribution in [0.15, 0.2) is 30.3 Å². The molecule has 0 spiro atoms. The summed E-state index contributed by atoms with van der Waals surface area (Å²) in [4.78, 5) is 12.5. The summed E-state index contributed by atoms with van der Waals surface area (Å²) in [7, 11) is 0. The maximum atomic E-state index is 12.5. The molecule has 2 rings (SSSR count). The minimum atomic E-state index is -0.0466. The summed E-state index contributed by atoms with van der Waals surface area (Å²) in [5.74, 6) is 6.72. The molecular weight excluding hydrogens is 248 g/mol. The van der Waals surface area contributed by atoms with Crippen molar-refractivity contribution in [3.63, 3.8) is 0 Å². The number of benzene rings is 1. The van der Waals surface area contributed by atoms with Crippen LogP contribution in [0.4, 0.5) is 0 Å². The van der Waals surface area contributed by atoms with Crippen LogP contribution in [0.5, 0.6) is 0 Å². The highest BCUT2D eigenvalue weighted by atomic mass is 16.2. The number of hydrogen-bond acceptors (Lipinski definition) is 2. The lowest BCUT2D eigenvalue weighted by Gasteiger charge is -2.36. The Bertz CT molecular complexity index is 412. The van der Waals surface area contributed by atoms with Crippen molar-refractivity contribution in [3.8, 4) is 0 Å². The van der Waals surface area contributed by atoms with Crippen molar-refractivity contribution in [1.82, 2.24) is 5.01 Å². The van der Waals surface area contributed by atoms with Gasteiger partial charge >= 0.3 is 0 Å². The largest absolute Gasteiger partial charge is 0.273 e. The molecule has 2 N–H and O–H groups in total. The van der Waals surface area contributed by atoms with Crippen molar-refractivity contribution >= 4 is 5.91 Å². The van der Waals surface area contributed by atoms with Crippen molar-refractivity contribution in [2.45, 2.75) is 57.9 Å². The van der Waals surface area contributed by atoms with Crippen molar-refractivity contribution in [2.75, 3.05) is 0 Å². The molecule has 0 saturated heterocycles. The van der Waals surface area contributed by atoms with Crippen LogP contribution in [0.3, 0.4) is 0 Å². The molecule has 1 aromatic carbocycles. The quantitative estimate of drug-likeness (QED) is 0.505. The molecule has 0 aromatic heterocycles. The zero-order valence-electron chi connectivity index (χ0n) is 12.4. The van der Waals surface area contributed by atoms with E-state index in [1.165, 1.54) is 37.1 Å². The van der Waals surface area contributed by atoms with E-state index in [0.29, 0.717) is 11.5 Å². The second-order valence-corrected chi connectivity index (χ2v) is 5.83. The van der Waals surface area contributed by atoms with E-state index in [2.05, 4.69) is 6.92 Å². The number of carbonyl (C=O) groups excluding carboxylic acids is 1. The zero-order valence-corrected chi connectivity index (χ0v) is 12.4. The molecule has 0 bridgehead atoms. The third-order valence-corrected chi connectivity index (χ3v) is 4.39. The third-order valence-electron chi connectivity index (χ3n) is 4.39. The minimum absolute atomic E-state index is 0.0466. The van der Waals surface area contributed by atoms with E-state index in [9.17, 15) is 4.79 Å². The molecule has 110 valence electrons. The normalized spacial score (nSPS) is 17.7. The van der Waals surface area contributed by atoms with Gasteiger partial charge < -0.3 is 0 Å². The summed E-state index contributed by atoms with van der Waals surface area (Å²) in [6.07, 6.45) is 8.36. The van der Waals surface area contributed by atoms with Gasteiger partial charge in [0.25, 0.3) is 5.91 Å². The average Bonchev–Trinajstić information content (AvgIpc) is 2.53. The lowest BCUT2D eigenvalue weighted by Crippen LogP contribution is -2.49. The molecule has 20 heavy (non-hydrogen) atoms. The summed E-state index contributed by atoms with van der Waals surface area (Å²) in [5, 5.41) is 1.51. The SMILES string of the molecule is CCCC(C1CCCCC1)N(N)C(=O)c1ccccc1. The van der Waals surface area contributed by atoms with Crippen LogP contribution < -0.4 is 5.84 Å². The van der Waals surface area contributed by atoms with Crippen LogP contribution >= 0.6 is 0 Å². The highest BCUT2D eigenvalue weighted by Crippen LogP contribution is 2.30. The number of hydrazine groups is 1. The molecule has 0 radical (unpaired) electrons. The number of rotatable bonds is 5. The molecule has 1 aromatic rings. The maximum Gasteiger partial charge on any atom is 0.268 e. The standard InChI is InChI=1S/C17H26N2O/c1-2-9-16(14-10-5-3-6-11-14)19(18)17(20)15-12-7-4-8-13-15/h4,7-8,12-14,16H,2-3,5-6,9-11,18H2,1H3. The van der Waals surface area contributed by atoms with Gasteiger partial charge in [-0.3, -0.25) is 9.80 Å². The Hall–Kier alpha value is -1.35. The van der Waals surface area contributed by atoms with E-state index < -0.39 is 0 Å². The van der Waals surface area contributed by atoms with Crippen LogP contribution in [0.2, 0.25) is 0 Å². The Morgan fingerprint density at radius 3 is 2.50 bits per heavy atom. The number of carbonyl (C=O) groups is 1. The van der Waals surface area contributed by atoms with Crippen molar-refractivity contribution in [1.29, 1.82) is 0 Å². The van der Waals surface area contributed by atoms with E-state index in [1.54, 1.807) is 0 Å². The molecule has 1 saturated carbocycles. The highest BCUT2D eigenvalue weighted by Gasteiger charge is 2.29. The Labute approximate surface area is 122 Å². The van der Waals surface area contributed by atoms with Gasteiger partial charge in [0.2, 0.25) is 0 Å². The van der Waals surface area contributed by atoms with Gasteiger partial charge in [-0.25, -0.2) is 5.84 Å². The first-order valence-electron chi connectivity index (χ1n) is 7.87. The predicted octanol–water partition coefficient (Wildman–Crippen LogP) is 3.75. The molecule has 3 nitrogen and oxygen atoms in total. The van der Waals surface area contributed by atoms with Gasteiger partial charge in [0.1, 0.15) is 0 Å². The molecular formula is C17H26N2O. The van der Waals surface area contributed by atoms with Crippen LogP contribution in [0.25, 0.3) is 0 Å². The monoisotopic (exact) mass is 274 g/mol. The van der Waals surface area contributed by atoms with Gasteiger partial charge in [0, 0.05) is 5.56 Å². The Kier molecular flexibility index (Phi) is 5.60. The molecule has 0 aliphatic heterocycles. The van der Waals surface area contributed by atoms with Gasteiger partial charge in [-0.2, -0.15) is 0 Å². The first kappa shape index (κ1) is 15.0. The number of nitrogens with zero attached hydrogens (tertiary/aromatic N) is 1. The smallest absolute Gasteiger partial charge is 0.268 e. The molecule has 3 heteroatoms. The molecule has 1 fully saturated rings. The number of amides is 1. The van der Waals surface area contributed by atoms with Gasteiger partial charge in [-0.1, -0.05) is 50.8 Å². The fraction of sp³-hybridized carbons (Fsp3) is 0.588. The van der Waals surface area contributed by atoms with Crippen molar-refractivity contribution < 1.29 is 4.79 Å². The van der Waals surface area contributed by atoms with E-state index in [4.69, 9.17) is 5.84 Å². The van der Waals surface area contributed by atoms with Gasteiger partial charge in [-0.05, 0) is 37.3 Å². The van der Waals surface area contributed by atoms with Crippen LogP contribution in [0, 0.1) is 5.92 Å². The summed E-state index contributed by atoms with van der Waals surface area (Å²) in [5.41, 5.74) is 0.687. The maximum absolute atomic E-state index is 12.5. The van der Waals surface area contributed by atoms with Crippen LogP contribution in [-0.2, 0) is 0 Å². The zero-order chi connectivity index (χ0) is 14.4. The van der Waals surface area contributed by atoms with E-state index >= 15 is 0 Å². The van der Waals surface area contributed by atoms with Crippen LogP contribution in [-0.4, -0.2) is 17.0 Å². The first-order chi connectivity index (χ1) is 9.74. The summed E-state index contributed by atoms with van der Waals surface area (Å²) in [6.45, 7) is 2.16. The van der Waals surface area contributed by atoms with Gasteiger partial charge in [0.15, 0.2) is 0 Å². The molecule has 1 amide bonds. The highest BCUT2D eigenvalue weighted by molar-refractivity contribution is 5.93. The van der Waals surface area contributed by atoms with E-state index in [-0.39, 0.29) is 11.9 Å². The van der Waals surface area contributed by atoms with Gasteiger partial charge in [0.05, 0.1) is 6.04 Å². The summed E-state index contributed by atoms with van der Waals surface area (Å²) < 4.78 is 0. The Balaban J connectivity index is 2.09. The van der Waals surface area contributed by atoms with Crippen molar-refractivity contribution in [2.24, 2.45) is 11.8 Å². The first-order valence-corrected chi connectivity index (χ1v) is 7.87. The topological polar surface area (TPSA) is 46.3 Å². The predicted molar refractivity (Wildman–Crippen MR) is 82.1 cm³/mol. The number of nitrogens with two attached hydrogens (primary N) is 1. The second kappa shape index (κ2) is 7.44. The number of hydrogen-bond donors (Lipinski definition) is 1. The minimum Gasteiger partial charge on any atom is -0.273 e. The summed E-state index contributed by atoms with van der Waals surface area (Å²) >= 11 is 0. The molecule has 1 aliphatic carbocycles. The molecule has 1 aliphatic rings. The lowest BCUT2D eigenvalue weighted by atomic mass is 9.82. The average molecular weight is 274 g/mol. The van der Waals surface area contributed by atoms with Gasteiger partial charge in [-0.15, -0.1) is 0 Å². The fourth-order valence-corrected chi connectivity index (χ4v) is 3.30. The Morgan fingerprint density at radius 1 is 1.25 bits per heavy atom. The lowest BCUT2D eigenvalue weighted by molar-refractivity contribution is 0.0548. The summed E-state index contributed by atoms with van der Waals surface area (Å²) in [6, 6.07) is 9.56. The van der Waals surface area contributed by atoms with E-state index in [0.717, 1.165) is 12.8 Å². The van der Waals surface area contributed by atoms with Crippen LogP contribution in [0.1, 0.15) is 62.2 Å². The molecule has 1 unspecified atom stereocenters. The molecule has 1 atom stereocenters. The third kappa shape index (κ3) is 3.60. The van der Waals surface area contributed by atoms with Crippen molar-refractivity contribution in [3.05, 3.63) is 35.9 Å². The second-order valence-electron chi connectivity index (χ2n) is 5.83. The molecule has 0 heterocycles. The van der Waals surface area contributed by atoms with E-state index in [1.807, 2.05) is 30.3 Å². The fourth-order valence-electron chi connectivity index (χ4n) is 3.30.